The second-order valence-corrected chi connectivity index (χ2v) is 23.9. The molecule has 0 fully saturated rings. The Balaban J connectivity index is -0.000000114. The maximum absolute atomic E-state index is 10.8. The molecule has 0 bridgehead atoms. The third-order valence-corrected chi connectivity index (χ3v) is 7.01. The summed E-state index contributed by atoms with van der Waals surface area (Å²) in [4.78, 5) is 10.8. The fourth-order valence-electron chi connectivity index (χ4n) is 3.96. The van der Waals surface area contributed by atoms with Crippen LogP contribution in [0.15, 0.2) is 0 Å². The molecule has 12 heteroatoms. The molecule has 0 unspecified atom stereocenters. The van der Waals surface area contributed by atoms with Crippen LogP contribution >= 0.6 is 0 Å². The van der Waals surface area contributed by atoms with Gasteiger partial charge in [0.1, 0.15) is 13.5 Å². The molecule has 12 nitrogen and oxygen atoms in total. The van der Waals surface area contributed by atoms with Gasteiger partial charge in [0, 0.05) is 33.0 Å². The summed E-state index contributed by atoms with van der Waals surface area (Å²) < 4.78 is 71.7. The van der Waals surface area contributed by atoms with Crippen LogP contribution in [0.2, 0.25) is 0 Å². The Morgan fingerprint density at radius 1 is 0.356 bits per heavy atom. The number of carbonyl (C=O) groups excluding carboxylic acids is 1. The first-order valence-corrected chi connectivity index (χ1v) is 28.4. The molecule has 0 spiro atoms. The third kappa shape index (κ3) is 125. The smallest absolute Gasteiger partial charge is 0.308 e. The van der Waals surface area contributed by atoms with E-state index in [1.54, 1.807) is 27.7 Å². The van der Waals surface area contributed by atoms with Crippen molar-refractivity contribution in [2.75, 3.05) is 53.2 Å². The molecule has 73 heavy (non-hydrogen) atoms. The van der Waals surface area contributed by atoms with Gasteiger partial charge in [-0.25, -0.2) is 0 Å². The van der Waals surface area contributed by atoms with Crippen LogP contribution in [0.5, 0.6) is 0 Å². The SMILES string of the molecule is CC(C)CCOC(C)C.CC(C)COC(=O)C(C)C.CC(C)COC(C)C.CC(C)COC(C)C.CC(C)COCC(C)C.CC(C)OC(C)(C)OC(C)C.CC(C)OCOC(C)C.[2H]C([2H])(OC(C)C)OC(C)C. The zero-order valence-electron chi connectivity index (χ0n) is 57.3. The fraction of sp³-hybridized carbons (Fsp3) is 0.984. The van der Waals surface area contributed by atoms with Crippen molar-refractivity contribution in [3.8, 4) is 0 Å². The summed E-state index contributed by atoms with van der Waals surface area (Å²) in [6.45, 7) is 72.2. The van der Waals surface area contributed by atoms with Gasteiger partial charge >= 0.3 is 5.97 Å². The molecule has 0 amide bonds. The van der Waals surface area contributed by atoms with Crippen LogP contribution in [0.1, 0.15) is 245 Å². The topological polar surface area (TPSA) is 119 Å². The number of carbonyl (C=O) groups is 1. The molecule has 0 aliphatic heterocycles. The Kier molecular flexibility index (Phi) is 68.9. The number of esters is 1. The standard InChI is InChI=1S/C9H20O2.C8H16O2.2C8H18O.2C7H16O2.2C7H16O/c1-7(2)10-9(5,6)11-8(3)4;1-6(2)5-10-8(9)7(3)4;1-7(2)5-9-6-8(3)4;1-7(2)5-6-9-8(3)4;2*1-6(2)8-5-9-7(3)4;2*1-6(2)5-8-7(3)4/h7-8H,1-6H3;6-7H,5H2,1-4H3;2*7-8H,5-6H2,1-4H3;2*6-7H,5H2,1-4H3;2*6-7H,5H2,1-4H3/i;;;;5D2;;;. The van der Waals surface area contributed by atoms with Crippen molar-refractivity contribution < 1.29 is 59.6 Å². The van der Waals surface area contributed by atoms with Crippen molar-refractivity contribution >= 4 is 5.97 Å². The molecule has 0 heterocycles. The quantitative estimate of drug-likeness (QED) is 0.0524. The van der Waals surface area contributed by atoms with Gasteiger partial charge in [-0.2, -0.15) is 0 Å². The van der Waals surface area contributed by atoms with Gasteiger partial charge in [0.2, 0.25) is 0 Å². The summed E-state index contributed by atoms with van der Waals surface area (Å²) in [5.74, 6) is 3.31. The average Bonchev–Trinajstić information content (AvgIpc) is 3.17. The van der Waals surface area contributed by atoms with E-state index in [1.807, 2.05) is 96.9 Å². The van der Waals surface area contributed by atoms with Crippen LogP contribution in [-0.4, -0.2) is 120 Å². The molecular formula is C61H136O12. The first-order chi connectivity index (χ1) is 33.8. The summed E-state index contributed by atoms with van der Waals surface area (Å²) in [5.41, 5.74) is 0. The Labute approximate surface area is 461 Å². The van der Waals surface area contributed by atoms with E-state index in [1.165, 1.54) is 6.42 Å². The molecule has 0 aromatic carbocycles. The van der Waals surface area contributed by atoms with Gasteiger partial charge in [0.25, 0.3) is 0 Å². The number of ether oxygens (including phenoxy) is 11. The van der Waals surface area contributed by atoms with Crippen LogP contribution in [0.25, 0.3) is 0 Å². The van der Waals surface area contributed by atoms with Gasteiger partial charge < -0.3 is 52.1 Å². The molecule has 0 aromatic rings. The highest BCUT2D eigenvalue weighted by Crippen LogP contribution is 2.16. The van der Waals surface area contributed by atoms with E-state index in [0.29, 0.717) is 61.3 Å². The van der Waals surface area contributed by atoms with Crippen molar-refractivity contribution in [3.05, 3.63) is 0 Å². The Hall–Kier alpha value is -0.930. The second-order valence-electron chi connectivity index (χ2n) is 23.9. The van der Waals surface area contributed by atoms with Crippen LogP contribution in [0, 0.1) is 41.4 Å². The van der Waals surface area contributed by atoms with Crippen LogP contribution < -0.4 is 0 Å². The third-order valence-electron chi connectivity index (χ3n) is 7.01. The predicted molar refractivity (Wildman–Crippen MR) is 315 cm³/mol. The molecule has 0 rings (SSSR count). The summed E-state index contributed by atoms with van der Waals surface area (Å²) in [7, 11) is 0. The van der Waals surface area contributed by atoms with Gasteiger partial charge in [-0.15, -0.1) is 0 Å². The highest BCUT2D eigenvalue weighted by atomic mass is 16.7. The highest BCUT2D eigenvalue weighted by Gasteiger charge is 2.21. The molecule has 0 saturated carbocycles. The minimum absolute atomic E-state index is 0.00116. The minimum Gasteiger partial charge on any atom is -0.465 e. The molecule has 452 valence electrons. The van der Waals surface area contributed by atoms with Crippen molar-refractivity contribution in [2.24, 2.45) is 41.4 Å². The Morgan fingerprint density at radius 3 is 0.849 bits per heavy atom. The lowest BCUT2D eigenvalue weighted by Crippen LogP contribution is -2.33. The van der Waals surface area contributed by atoms with Crippen molar-refractivity contribution in [1.82, 2.24) is 0 Å². The number of rotatable bonds is 29. The van der Waals surface area contributed by atoms with Crippen LogP contribution in [-0.2, 0) is 56.9 Å². The molecule has 0 radical (unpaired) electrons. The predicted octanol–water partition coefficient (Wildman–Crippen LogP) is 16.9. The van der Waals surface area contributed by atoms with E-state index in [-0.39, 0.29) is 48.5 Å². The summed E-state index contributed by atoms with van der Waals surface area (Å²) >= 11 is 0. The first-order valence-electron chi connectivity index (χ1n) is 29.4. The van der Waals surface area contributed by atoms with E-state index in [2.05, 4.69) is 111 Å². The molecule has 0 atom stereocenters. The molecule has 0 aliphatic rings. The van der Waals surface area contributed by atoms with E-state index in [9.17, 15) is 4.79 Å². The van der Waals surface area contributed by atoms with E-state index in [0.717, 1.165) is 39.0 Å². The Bertz CT molecular complexity index is 955. The van der Waals surface area contributed by atoms with Crippen LogP contribution in [0.4, 0.5) is 0 Å². The molecule has 0 N–H and O–H groups in total. The van der Waals surface area contributed by atoms with Gasteiger partial charge in [-0.1, -0.05) is 96.9 Å². The van der Waals surface area contributed by atoms with Gasteiger partial charge in [-0.3, -0.25) is 4.79 Å². The normalized spacial score (nSPS) is 12.1. The largest absolute Gasteiger partial charge is 0.465 e. The lowest BCUT2D eigenvalue weighted by molar-refractivity contribution is -0.246. The summed E-state index contributed by atoms with van der Waals surface area (Å²) in [6, 6.07) is 0. The van der Waals surface area contributed by atoms with Crippen molar-refractivity contribution in [2.45, 2.75) is 303 Å². The zero-order valence-corrected chi connectivity index (χ0v) is 55.3. The molecule has 0 saturated heterocycles. The lowest BCUT2D eigenvalue weighted by atomic mass is 10.1. The van der Waals surface area contributed by atoms with E-state index < -0.39 is 12.5 Å². The maximum atomic E-state index is 10.8. The maximum Gasteiger partial charge on any atom is 0.308 e. The van der Waals surface area contributed by atoms with Crippen molar-refractivity contribution in [3.63, 3.8) is 0 Å². The van der Waals surface area contributed by atoms with Gasteiger partial charge in [0.15, 0.2) is 5.79 Å². The second kappa shape index (κ2) is 60.3. The highest BCUT2D eigenvalue weighted by molar-refractivity contribution is 5.71. The molecule has 0 aliphatic carbocycles. The average molecular weight is 1060 g/mol. The van der Waals surface area contributed by atoms with Gasteiger partial charge in [-0.05, 0) is 180 Å². The Morgan fingerprint density at radius 2 is 0.644 bits per heavy atom. The van der Waals surface area contributed by atoms with Gasteiger partial charge in [0.05, 0.1) is 70.2 Å². The molecule has 0 aromatic heterocycles. The van der Waals surface area contributed by atoms with Crippen LogP contribution in [0.3, 0.4) is 0 Å². The lowest BCUT2D eigenvalue weighted by Gasteiger charge is -2.29. The summed E-state index contributed by atoms with van der Waals surface area (Å²) in [5, 5.41) is 0. The van der Waals surface area contributed by atoms with E-state index in [4.69, 9.17) is 54.8 Å². The minimum atomic E-state index is -1.96. The fourth-order valence-corrected chi connectivity index (χ4v) is 3.96. The van der Waals surface area contributed by atoms with Crippen molar-refractivity contribution in [1.29, 1.82) is 0 Å². The number of hydrogen-bond donors (Lipinski definition) is 0. The first kappa shape index (κ1) is 83.4. The monoisotopic (exact) mass is 1060 g/mol. The summed E-state index contributed by atoms with van der Waals surface area (Å²) in [6.07, 6.45) is 2.98. The number of hydrogen-bond acceptors (Lipinski definition) is 12. The zero-order chi connectivity index (χ0) is 61.2. The van der Waals surface area contributed by atoms with E-state index >= 15 is 0 Å². The molecular weight excluding hydrogens is 925 g/mol.